The minimum Gasteiger partial charge on any atom is -0.478 e. The number of aromatic amines is 1. The molecule has 29 heavy (non-hydrogen) atoms. The van der Waals surface area contributed by atoms with E-state index in [-0.39, 0.29) is 11.3 Å². The molecule has 0 atom stereocenters. The molecule has 4 aromatic rings. The molecule has 4 N–H and O–H groups in total. The van der Waals surface area contributed by atoms with Crippen molar-refractivity contribution in [2.75, 3.05) is 5.73 Å². The predicted molar refractivity (Wildman–Crippen MR) is 116 cm³/mol. The van der Waals surface area contributed by atoms with E-state index in [2.05, 4.69) is 29.2 Å². The van der Waals surface area contributed by atoms with Gasteiger partial charge in [-0.2, -0.15) is 0 Å². The van der Waals surface area contributed by atoms with E-state index >= 15 is 0 Å². The third-order valence-electron chi connectivity index (χ3n) is 5.12. The first kappa shape index (κ1) is 18.5. The predicted octanol–water partition coefficient (Wildman–Crippen LogP) is 4.73. The molecule has 0 bridgehead atoms. The zero-order chi connectivity index (χ0) is 20.5. The van der Waals surface area contributed by atoms with Gasteiger partial charge in [-0.15, -0.1) is 0 Å². The van der Waals surface area contributed by atoms with Crippen molar-refractivity contribution in [2.45, 2.75) is 13.3 Å². The highest BCUT2D eigenvalue weighted by molar-refractivity contribution is 6.11. The van der Waals surface area contributed by atoms with Gasteiger partial charge in [0.1, 0.15) is 0 Å². The van der Waals surface area contributed by atoms with E-state index in [4.69, 9.17) is 10.8 Å². The Hall–Kier alpha value is -3.86. The smallest absolute Gasteiger partial charge is 0.336 e. The van der Waals surface area contributed by atoms with Crippen LogP contribution in [0.1, 0.15) is 27.0 Å². The first-order valence-electron chi connectivity index (χ1n) is 9.26. The second-order valence-electron chi connectivity index (χ2n) is 7.08. The van der Waals surface area contributed by atoms with Crippen molar-refractivity contribution in [3.63, 3.8) is 0 Å². The third-order valence-corrected chi connectivity index (χ3v) is 5.12. The summed E-state index contributed by atoms with van der Waals surface area (Å²) in [5.41, 5.74) is 11.4. The number of H-pyrrole nitrogens is 1. The number of carboxylic acid groups (broad SMARTS) is 1. The first-order valence-corrected chi connectivity index (χ1v) is 9.26. The third kappa shape index (κ3) is 3.50. The van der Waals surface area contributed by atoms with E-state index in [0.29, 0.717) is 12.1 Å². The molecule has 0 amide bonds. The van der Waals surface area contributed by atoms with Gasteiger partial charge in [-0.3, -0.25) is 4.79 Å². The molecular formula is C24H20N2O3. The Labute approximate surface area is 167 Å². The molecule has 0 unspecified atom stereocenters. The van der Waals surface area contributed by atoms with Gasteiger partial charge < -0.3 is 15.8 Å². The summed E-state index contributed by atoms with van der Waals surface area (Å²) in [5, 5.41) is 11.1. The summed E-state index contributed by atoms with van der Waals surface area (Å²) < 4.78 is 0. The van der Waals surface area contributed by atoms with Crippen LogP contribution in [-0.4, -0.2) is 21.8 Å². The topological polar surface area (TPSA) is 96.2 Å². The highest BCUT2D eigenvalue weighted by Gasteiger charge is 2.16. The summed E-state index contributed by atoms with van der Waals surface area (Å²) in [6.45, 7) is 1.74. The fraction of sp³-hybridized carbons (Fsp3) is 0.0833. The van der Waals surface area contributed by atoms with Crippen LogP contribution in [0.4, 0.5) is 5.69 Å². The number of hydrogen-bond acceptors (Lipinski definition) is 3. The number of benzene rings is 3. The second kappa shape index (κ2) is 7.28. The van der Waals surface area contributed by atoms with Crippen LogP contribution in [0, 0.1) is 6.92 Å². The number of para-hydroxylation sites is 1. The van der Waals surface area contributed by atoms with Gasteiger partial charge in [-0.25, -0.2) is 4.79 Å². The van der Waals surface area contributed by atoms with E-state index in [1.54, 1.807) is 25.1 Å². The Morgan fingerprint density at radius 1 is 1.03 bits per heavy atom. The zero-order valence-corrected chi connectivity index (χ0v) is 15.9. The minimum atomic E-state index is -0.935. The Balaban J connectivity index is 0.000000161. The number of fused-ring (bicyclic) bond motifs is 5. The standard InChI is InChI=1S/C16H11NO.C8H9NO2/c18-11-7-5-10-6-8-13-12-3-1-2-4-15(12)17-16(13)14(10)9-11;1-5-2-3-6(9)4-7(5)8(10)11/h1-8,17H,9H2;2-4H,9H2,1H3,(H,10,11). The SMILES string of the molecule is Cc1ccc(N)cc1C(=O)O.O=C1C=Cc2ccc3c([nH]c4ccccc43)c2C1. The lowest BCUT2D eigenvalue weighted by Crippen LogP contribution is -2.05. The van der Waals surface area contributed by atoms with Crippen molar-refractivity contribution in [3.8, 4) is 0 Å². The average Bonchev–Trinajstić information content (AvgIpc) is 3.09. The molecule has 0 aliphatic heterocycles. The van der Waals surface area contributed by atoms with Crippen LogP contribution in [0.15, 0.2) is 60.7 Å². The van der Waals surface area contributed by atoms with Crippen molar-refractivity contribution in [1.82, 2.24) is 4.98 Å². The molecule has 1 aliphatic carbocycles. The Morgan fingerprint density at radius 2 is 1.83 bits per heavy atom. The quantitative estimate of drug-likeness (QED) is 0.413. The number of ketones is 1. The number of nitrogens with two attached hydrogens (primary N) is 1. The maximum Gasteiger partial charge on any atom is 0.336 e. The number of aromatic carboxylic acids is 1. The minimum absolute atomic E-state index is 0.175. The van der Waals surface area contributed by atoms with Gasteiger partial charge in [0.25, 0.3) is 0 Å². The lowest BCUT2D eigenvalue weighted by Gasteiger charge is -2.10. The summed E-state index contributed by atoms with van der Waals surface area (Å²) in [6.07, 6.45) is 4.07. The summed E-state index contributed by atoms with van der Waals surface area (Å²) in [4.78, 5) is 25.5. The number of hydrogen-bond donors (Lipinski definition) is 3. The van der Waals surface area contributed by atoms with E-state index in [9.17, 15) is 9.59 Å². The van der Waals surface area contributed by atoms with Gasteiger partial charge in [-0.05, 0) is 47.9 Å². The fourth-order valence-corrected chi connectivity index (χ4v) is 3.63. The van der Waals surface area contributed by atoms with Gasteiger partial charge >= 0.3 is 5.97 Å². The lowest BCUT2D eigenvalue weighted by atomic mass is 9.94. The van der Waals surface area contributed by atoms with Crippen molar-refractivity contribution in [1.29, 1.82) is 0 Å². The van der Waals surface area contributed by atoms with Crippen molar-refractivity contribution >= 4 is 45.3 Å². The van der Waals surface area contributed by atoms with E-state index in [1.165, 1.54) is 16.8 Å². The van der Waals surface area contributed by atoms with Gasteiger partial charge in [0.2, 0.25) is 0 Å². The van der Waals surface area contributed by atoms with Crippen molar-refractivity contribution in [2.24, 2.45) is 0 Å². The van der Waals surface area contributed by atoms with Crippen molar-refractivity contribution in [3.05, 3.63) is 82.9 Å². The van der Waals surface area contributed by atoms with Crippen LogP contribution >= 0.6 is 0 Å². The van der Waals surface area contributed by atoms with Crippen LogP contribution in [0.2, 0.25) is 0 Å². The van der Waals surface area contributed by atoms with Gasteiger partial charge in [0.15, 0.2) is 5.78 Å². The van der Waals surface area contributed by atoms with Crippen LogP contribution in [-0.2, 0) is 11.2 Å². The summed E-state index contributed by atoms with van der Waals surface area (Å²) >= 11 is 0. The molecule has 5 rings (SSSR count). The average molecular weight is 384 g/mol. The monoisotopic (exact) mass is 384 g/mol. The number of anilines is 1. The molecular weight excluding hydrogens is 364 g/mol. The fourth-order valence-electron chi connectivity index (χ4n) is 3.63. The number of carbonyl (C=O) groups excluding carboxylic acids is 1. The van der Waals surface area contributed by atoms with E-state index in [0.717, 1.165) is 27.7 Å². The summed E-state index contributed by atoms with van der Waals surface area (Å²) in [5.74, 6) is -0.761. The van der Waals surface area contributed by atoms with Crippen LogP contribution in [0.25, 0.3) is 27.9 Å². The van der Waals surface area contributed by atoms with Crippen molar-refractivity contribution < 1.29 is 14.7 Å². The summed E-state index contributed by atoms with van der Waals surface area (Å²) in [7, 11) is 0. The molecule has 1 aromatic heterocycles. The molecule has 5 heteroatoms. The maximum absolute atomic E-state index is 11.6. The Kier molecular flexibility index (Phi) is 4.64. The lowest BCUT2D eigenvalue weighted by molar-refractivity contribution is -0.114. The number of carboxylic acids is 1. The zero-order valence-electron chi connectivity index (χ0n) is 15.9. The first-order chi connectivity index (χ1) is 13.9. The molecule has 5 nitrogen and oxygen atoms in total. The van der Waals surface area contributed by atoms with E-state index < -0.39 is 5.97 Å². The molecule has 1 aliphatic rings. The number of rotatable bonds is 1. The molecule has 0 saturated carbocycles. The Morgan fingerprint density at radius 3 is 2.59 bits per heavy atom. The number of aryl methyl sites for hydroxylation is 1. The molecule has 3 aromatic carbocycles. The Bertz CT molecular complexity index is 1300. The number of nitrogens with one attached hydrogen (secondary N) is 1. The molecule has 0 saturated heterocycles. The highest BCUT2D eigenvalue weighted by atomic mass is 16.4. The van der Waals surface area contributed by atoms with Crippen LogP contribution in [0.3, 0.4) is 0 Å². The number of nitrogen functional groups attached to an aromatic ring is 1. The van der Waals surface area contributed by atoms with Gasteiger partial charge in [0.05, 0.1) is 11.1 Å². The normalized spacial score (nSPS) is 12.5. The molecule has 1 heterocycles. The largest absolute Gasteiger partial charge is 0.478 e. The molecule has 0 spiro atoms. The van der Waals surface area contributed by atoms with Gasteiger partial charge in [0, 0.05) is 28.4 Å². The number of allylic oxidation sites excluding steroid dienone is 1. The van der Waals surface area contributed by atoms with Crippen LogP contribution in [0.5, 0.6) is 0 Å². The second-order valence-corrected chi connectivity index (χ2v) is 7.08. The molecule has 0 fully saturated rings. The molecule has 144 valence electrons. The molecule has 0 radical (unpaired) electrons. The number of carbonyl (C=O) groups is 2. The number of aromatic nitrogens is 1. The van der Waals surface area contributed by atoms with Crippen LogP contribution < -0.4 is 5.73 Å². The summed E-state index contributed by atoms with van der Waals surface area (Å²) in [6, 6.07) is 17.3. The highest BCUT2D eigenvalue weighted by Crippen LogP contribution is 2.31. The maximum atomic E-state index is 11.6. The van der Waals surface area contributed by atoms with Gasteiger partial charge in [-0.1, -0.05) is 42.5 Å². The van der Waals surface area contributed by atoms with E-state index in [1.807, 2.05) is 18.2 Å².